The second kappa shape index (κ2) is 8.82. The maximum atomic E-state index is 14.1. The van der Waals surface area contributed by atoms with Gasteiger partial charge in [-0.15, -0.1) is 0 Å². The van der Waals surface area contributed by atoms with Crippen molar-refractivity contribution in [1.82, 2.24) is 5.32 Å². The highest BCUT2D eigenvalue weighted by Gasteiger charge is 2.15. The van der Waals surface area contributed by atoms with Gasteiger partial charge in [0, 0.05) is 36.1 Å². The number of hydrogen-bond acceptors (Lipinski definition) is 3. The van der Waals surface area contributed by atoms with Gasteiger partial charge in [-0.05, 0) is 42.8 Å². The molecule has 142 valence electrons. The van der Waals surface area contributed by atoms with Gasteiger partial charge in [-0.3, -0.25) is 0 Å². The fourth-order valence-corrected chi connectivity index (χ4v) is 3.06. The Morgan fingerprint density at radius 2 is 1.93 bits per heavy atom. The lowest BCUT2D eigenvalue weighted by Crippen LogP contribution is -2.36. The monoisotopic (exact) mass is 370 g/mol. The summed E-state index contributed by atoms with van der Waals surface area (Å²) in [5.41, 5.74) is 2.81. The van der Waals surface area contributed by atoms with Crippen LogP contribution in [-0.4, -0.2) is 26.3 Å². The zero-order valence-corrected chi connectivity index (χ0v) is 15.4. The van der Waals surface area contributed by atoms with Gasteiger partial charge in [-0.2, -0.15) is 0 Å². The summed E-state index contributed by atoms with van der Waals surface area (Å²) in [7, 11) is 0. The number of nitrogens with zero attached hydrogens (tertiary/aromatic N) is 1. The van der Waals surface area contributed by atoms with E-state index < -0.39 is 0 Å². The van der Waals surface area contributed by atoms with Crippen molar-refractivity contribution < 1.29 is 13.5 Å². The van der Waals surface area contributed by atoms with E-state index in [0.29, 0.717) is 24.5 Å². The molecule has 27 heavy (non-hydrogen) atoms. The first-order valence-electron chi connectivity index (χ1n) is 9.04. The minimum Gasteiger partial charge on any atom is -0.379 e. The Morgan fingerprint density at radius 1 is 1.19 bits per heavy atom. The van der Waals surface area contributed by atoms with Gasteiger partial charge in [0.05, 0.1) is 13.2 Å². The number of rotatable bonds is 6. The fourth-order valence-electron chi connectivity index (χ4n) is 3.06. The molecule has 1 aliphatic heterocycles. The van der Waals surface area contributed by atoms with Crippen LogP contribution >= 0.6 is 0 Å². The Morgan fingerprint density at radius 3 is 2.67 bits per heavy atom. The lowest BCUT2D eigenvalue weighted by atomic mass is 10.1. The van der Waals surface area contributed by atoms with E-state index in [4.69, 9.17) is 4.74 Å². The Balaban J connectivity index is 1.68. The van der Waals surface area contributed by atoms with E-state index in [0.717, 1.165) is 24.3 Å². The zero-order valence-electron chi connectivity index (χ0n) is 15.4. The fraction of sp³-hybridized carbons (Fsp3) is 0.273. The number of morpholine rings is 1. The Hall–Kier alpha value is -2.66. The number of halogens is 2. The van der Waals surface area contributed by atoms with Gasteiger partial charge in [0.25, 0.3) is 0 Å². The summed E-state index contributed by atoms with van der Waals surface area (Å²) in [4.78, 5) is 2.12. The molecule has 0 spiro atoms. The molecule has 0 saturated carbocycles. The highest BCUT2D eigenvalue weighted by atomic mass is 19.1. The molecule has 0 bridgehead atoms. The summed E-state index contributed by atoms with van der Waals surface area (Å²) in [6.07, 6.45) is 3.39. The zero-order chi connectivity index (χ0) is 19.2. The first-order chi connectivity index (χ1) is 13.0. The third-order valence-corrected chi connectivity index (χ3v) is 4.55. The van der Waals surface area contributed by atoms with Gasteiger partial charge >= 0.3 is 0 Å². The van der Waals surface area contributed by atoms with Crippen molar-refractivity contribution in [1.29, 1.82) is 0 Å². The van der Waals surface area contributed by atoms with Crippen molar-refractivity contribution in [2.24, 2.45) is 0 Å². The molecule has 1 N–H and O–H groups in total. The Kier molecular flexibility index (Phi) is 6.24. The van der Waals surface area contributed by atoms with Crippen molar-refractivity contribution in [2.75, 3.05) is 31.2 Å². The van der Waals surface area contributed by atoms with Crippen LogP contribution in [0.5, 0.6) is 0 Å². The van der Waals surface area contributed by atoms with Gasteiger partial charge in [-0.1, -0.05) is 30.9 Å². The van der Waals surface area contributed by atoms with Crippen molar-refractivity contribution in [3.63, 3.8) is 0 Å². The second-order valence-corrected chi connectivity index (χ2v) is 6.59. The molecule has 5 heteroatoms. The van der Waals surface area contributed by atoms with Crippen LogP contribution in [0.1, 0.15) is 24.1 Å². The smallest absolute Gasteiger partial charge is 0.130 e. The molecule has 3 rings (SSSR count). The minimum absolute atomic E-state index is 0.140. The third kappa shape index (κ3) is 5.17. The highest BCUT2D eigenvalue weighted by Crippen LogP contribution is 2.24. The van der Waals surface area contributed by atoms with Gasteiger partial charge < -0.3 is 15.0 Å². The SMILES string of the molecule is C=C(/C=C/c1ccccc1F)NC(C)c1cc(F)cc(N2CCOCC2)c1. The molecule has 3 nitrogen and oxygen atoms in total. The van der Waals surface area contributed by atoms with Crippen LogP contribution in [0.25, 0.3) is 6.08 Å². The Bertz CT molecular complexity index is 829. The molecule has 0 aromatic heterocycles. The summed E-state index contributed by atoms with van der Waals surface area (Å²) in [6, 6.07) is 11.5. The molecule has 0 amide bonds. The van der Waals surface area contributed by atoms with Crippen LogP contribution in [0.3, 0.4) is 0 Å². The van der Waals surface area contributed by atoms with Crippen molar-refractivity contribution >= 4 is 11.8 Å². The highest BCUT2D eigenvalue weighted by molar-refractivity contribution is 5.53. The first-order valence-corrected chi connectivity index (χ1v) is 9.04. The topological polar surface area (TPSA) is 24.5 Å². The largest absolute Gasteiger partial charge is 0.379 e. The number of ether oxygens (including phenoxy) is 1. The molecular weight excluding hydrogens is 346 g/mol. The second-order valence-electron chi connectivity index (χ2n) is 6.59. The van der Waals surface area contributed by atoms with Crippen LogP contribution < -0.4 is 10.2 Å². The Labute approximate surface area is 159 Å². The molecule has 1 heterocycles. The van der Waals surface area contributed by atoms with Crippen LogP contribution in [0.2, 0.25) is 0 Å². The van der Waals surface area contributed by atoms with Gasteiger partial charge in [0.15, 0.2) is 0 Å². The summed E-state index contributed by atoms with van der Waals surface area (Å²) in [5, 5.41) is 3.23. The molecule has 2 aromatic rings. The van der Waals surface area contributed by atoms with Crippen LogP contribution in [-0.2, 0) is 4.74 Å². The molecule has 2 aromatic carbocycles. The summed E-state index contributed by atoms with van der Waals surface area (Å²) < 4.78 is 33.2. The number of nitrogens with one attached hydrogen (secondary N) is 1. The van der Waals surface area contributed by atoms with Crippen molar-refractivity contribution in [3.8, 4) is 0 Å². The van der Waals surface area contributed by atoms with E-state index in [9.17, 15) is 8.78 Å². The first kappa shape index (κ1) is 19.1. The predicted octanol–water partition coefficient (Wildman–Crippen LogP) is 4.68. The number of hydrogen-bond donors (Lipinski definition) is 1. The summed E-state index contributed by atoms with van der Waals surface area (Å²) in [5.74, 6) is -0.551. The molecule has 1 atom stereocenters. The van der Waals surface area contributed by atoms with E-state index in [-0.39, 0.29) is 17.7 Å². The molecule has 1 unspecified atom stereocenters. The molecule has 1 fully saturated rings. The standard InChI is InChI=1S/C22H24F2N2O/c1-16(7-8-18-5-3-4-6-22(18)24)25-17(2)19-13-20(23)15-21(14-19)26-9-11-27-12-10-26/h3-8,13-15,17,25H,1,9-12H2,2H3/b8-7+. The minimum atomic E-state index is -0.283. The van der Waals surface area contributed by atoms with Gasteiger partial charge in [-0.25, -0.2) is 8.78 Å². The molecular formula is C22H24F2N2O. The molecule has 1 saturated heterocycles. The third-order valence-electron chi connectivity index (χ3n) is 4.55. The van der Waals surface area contributed by atoms with E-state index >= 15 is 0 Å². The van der Waals surface area contributed by atoms with Crippen LogP contribution in [0, 0.1) is 11.6 Å². The van der Waals surface area contributed by atoms with Crippen LogP contribution in [0.15, 0.2) is 60.8 Å². The van der Waals surface area contributed by atoms with Gasteiger partial charge in [0.2, 0.25) is 0 Å². The maximum absolute atomic E-state index is 14.1. The van der Waals surface area contributed by atoms with Crippen molar-refractivity contribution in [2.45, 2.75) is 13.0 Å². The molecule has 0 radical (unpaired) electrons. The van der Waals surface area contributed by atoms with Crippen molar-refractivity contribution in [3.05, 3.63) is 83.6 Å². The average Bonchev–Trinajstić information content (AvgIpc) is 2.67. The quantitative estimate of drug-likeness (QED) is 0.748. The number of anilines is 1. The van der Waals surface area contributed by atoms with Crippen LogP contribution in [0.4, 0.5) is 14.5 Å². The molecule has 1 aliphatic rings. The van der Waals surface area contributed by atoms with E-state index in [1.54, 1.807) is 36.4 Å². The summed E-state index contributed by atoms with van der Waals surface area (Å²) >= 11 is 0. The normalized spacial score (nSPS) is 15.7. The van der Waals surface area contributed by atoms with E-state index in [1.807, 2.05) is 13.0 Å². The maximum Gasteiger partial charge on any atom is 0.130 e. The number of benzene rings is 2. The van der Waals surface area contributed by atoms with E-state index in [2.05, 4.69) is 16.8 Å². The van der Waals surface area contributed by atoms with E-state index in [1.165, 1.54) is 12.1 Å². The lowest BCUT2D eigenvalue weighted by Gasteiger charge is -2.29. The number of allylic oxidation sites excluding steroid dienone is 1. The van der Waals surface area contributed by atoms with Gasteiger partial charge in [0.1, 0.15) is 11.6 Å². The lowest BCUT2D eigenvalue weighted by molar-refractivity contribution is 0.122. The summed E-state index contributed by atoms with van der Waals surface area (Å²) in [6.45, 7) is 8.71. The average molecular weight is 370 g/mol. The predicted molar refractivity (Wildman–Crippen MR) is 106 cm³/mol. The molecule has 0 aliphatic carbocycles.